The van der Waals surface area contributed by atoms with E-state index in [1.807, 2.05) is 0 Å². The van der Waals surface area contributed by atoms with Gasteiger partial charge in [-0.3, -0.25) is 4.98 Å². The molecule has 76 valence electrons. The third-order valence-electron chi connectivity index (χ3n) is 1.99. The molecule has 0 saturated heterocycles. The first-order valence-electron chi connectivity index (χ1n) is 4.23. The van der Waals surface area contributed by atoms with Gasteiger partial charge in [0, 0.05) is 13.2 Å². The Morgan fingerprint density at radius 2 is 2.20 bits per heavy atom. The van der Waals surface area contributed by atoms with Crippen LogP contribution in [0.5, 0.6) is 0 Å². The summed E-state index contributed by atoms with van der Waals surface area (Å²) in [5, 5.41) is 16.2. The van der Waals surface area contributed by atoms with Crippen LogP contribution in [0.15, 0.2) is 24.5 Å². The van der Waals surface area contributed by atoms with Crippen molar-refractivity contribution in [1.29, 1.82) is 0 Å². The van der Waals surface area contributed by atoms with Crippen LogP contribution in [0.25, 0.3) is 11.4 Å². The summed E-state index contributed by atoms with van der Waals surface area (Å²) in [7, 11) is 1.75. The lowest BCUT2D eigenvalue weighted by atomic mass is 10.2. The molecular weight excluding hydrogens is 196 g/mol. The maximum absolute atomic E-state index is 10.6. The molecule has 1 N–H and O–H groups in total. The van der Waals surface area contributed by atoms with Crippen LogP contribution in [0.4, 0.5) is 0 Å². The molecule has 2 aromatic heterocycles. The van der Waals surface area contributed by atoms with Gasteiger partial charge in [-0.2, -0.15) is 0 Å². The van der Waals surface area contributed by atoms with E-state index in [0.717, 1.165) is 5.69 Å². The average molecular weight is 204 g/mol. The minimum Gasteiger partial charge on any atom is -0.478 e. The van der Waals surface area contributed by atoms with E-state index < -0.39 is 5.97 Å². The molecule has 6 nitrogen and oxygen atoms in total. The predicted molar refractivity (Wildman–Crippen MR) is 51.2 cm³/mol. The molecule has 0 atom stereocenters. The van der Waals surface area contributed by atoms with Gasteiger partial charge in [-0.15, -0.1) is 5.10 Å². The van der Waals surface area contributed by atoms with Crippen LogP contribution in [0, 0.1) is 0 Å². The molecule has 0 aliphatic heterocycles. The van der Waals surface area contributed by atoms with E-state index in [9.17, 15) is 4.79 Å². The standard InChI is InChI=1S/C9H8N4O2/c1-13-8(5-11-12-13)7-3-2-6(4-10-7)9(14)15/h2-5H,1H3,(H,14,15). The summed E-state index contributed by atoms with van der Waals surface area (Å²) < 4.78 is 1.57. The van der Waals surface area contributed by atoms with Crippen LogP contribution >= 0.6 is 0 Å². The quantitative estimate of drug-likeness (QED) is 0.773. The normalized spacial score (nSPS) is 10.2. The lowest BCUT2D eigenvalue weighted by Crippen LogP contribution is -1.99. The Bertz CT molecular complexity index is 489. The molecule has 0 saturated carbocycles. The van der Waals surface area contributed by atoms with Crippen LogP contribution in [0.2, 0.25) is 0 Å². The molecular formula is C9H8N4O2. The highest BCUT2D eigenvalue weighted by Crippen LogP contribution is 2.14. The number of aromatic nitrogens is 4. The van der Waals surface area contributed by atoms with Gasteiger partial charge in [-0.1, -0.05) is 5.21 Å². The predicted octanol–water partition coefficient (Wildman–Crippen LogP) is 0.575. The summed E-state index contributed by atoms with van der Waals surface area (Å²) in [6.07, 6.45) is 2.88. The zero-order chi connectivity index (χ0) is 10.8. The smallest absolute Gasteiger partial charge is 0.337 e. The summed E-state index contributed by atoms with van der Waals surface area (Å²) >= 11 is 0. The number of rotatable bonds is 2. The monoisotopic (exact) mass is 204 g/mol. The van der Waals surface area contributed by atoms with Crippen molar-refractivity contribution < 1.29 is 9.90 Å². The summed E-state index contributed by atoms with van der Waals surface area (Å²) in [5.41, 5.74) is 1.55. The molecule has 0 amide bonds. The van der Waals surface area contributed by atoms with E-state index in [0.29, 0.717) is 5.69 Å². The van der Waals surface area contributed by atoms with Gasteiger partial charge in [-0.25, -0.2) is 9.48 Å². The Morgan fingerprint density at radius 1 is 1.40 bits per heavy atom. The van der Waals surface area contributed by atoms with Crippen molar-refractivity contribution in [2.24, 2.45) is 7.05 Å². The van der Waals surface area contributed by atoms with E-state index in [-0.39, 0.29) is 5.56 Å². The third kappa shape index (κ3) is 1.69. The van der Waals surface area contributed by atoms with Crippen molar-refractivity contribution in [2.45, 2.75) is 0 Å². The zero-order valence-corrected chi connectivity index (χ0v) is 7.95. The van der Waals surface area contributed by atoms with Crippen molar-refractivity contribution in [3.63, 3.8) is 0 Å². The molecule has 6 heteroatoms. The molecule has 0 unspecified atom stereocenters. The molecule has 0 radical (unpaired) electrons. The van der Waals surface area contributed by atoms with Gasteiger partial charge in [0.15, 0.2) is 0 Å². The van der Waals surface area contributed by atoms with Crippen molar-refractivity contribution in [1.82, 2.24) is 20.0 Å². The zero-order valence-electron chi connectivity index (χ0n) is 7.95. The summed E-state index contributed by atoms with van der Waals surface area (Å²) in [6, 6.07) is 3.12. The minimum atomic E-state index is -0.989. The number of aromatic carboxylic acids is 1. The average Bonchev–Trinajstić information content (AvgIpc) is 2.65. The Hall–Kier alpha value is -2.24. The number of hydrogen-bond acceptors (Lipinski definition) is 4. The van der Waals surface area contributed by atoms with Gasteiger partial charge in [0.05, 0.1) is 17.5 Å². The van der Waals surface area contributed by atoms with Gasteiger partial charge < -0.3 is 5.11 Å². The number of hydrogen-bond donors (Lipinski definition) is 1. The molecule has 0 aliphatic carbocycles. The lowest BCUT2D eigenvalue weighted by Gasteiger charge is -1.99. The fourth-order valence-corrected chi connectivity index (χ4v) is 1.19. The maximum atomic E-state index is 10.6. The van der Waals surface area contributed by atoms with Crippen molar-refractivity contribution in [3.05, 3.63) is 30.1 Å². The molecule has 2 rings (SSSR count). The van der Waals surface area contributed by atoms with Gasteiger partial charge in [-0.05, 0) is 12.1 Å². The minimum absolute atomic E-state index is 0.161. The molecule has 0 fully saturated rings. The van der Waals surface area contributed by atoms with Crippen LogP contribution in [0.1, 0.15) is 10.4 Å². The Labute approximate surface area is 85.2 Å². The lowest BCUT2D eigenvalue weighted by molar-refractivity contribution is 0.0696. The van der Waals surface area contributed by atoms with Crippen LogP contribution in [-0.2, 0) is 7.05 Å². The van der Waals surface area contributed by atoms with Crippen LogP contribution in [0.3, 0.4) is 0 Å². The number of aryl methyl sites for hydroxylation is 1. The number of carboxylic acids is 1. The molecule has 0 bridgehead atoms. The number of carboxylic acid groups (broad SMARTS) is 1. The number of carbonyl (C=O) groups is 1. The van der Waals surface area contributed by atoms with E-state index in [1.54, 1.807) is 24.0 Å². The topological polar surface area (TPSA) is 80.9 Å². The van der Waals surface area contributed by atoms with Crippen LogP contribution < -0.4 is 0 Å². The maximum Gasteiger partial charge on any atom is 0.337 e. The second-order valence-corrected chi connectivity index (χ2v) is 2.98. The third-order valence-corrected chi connectivity index (χ3v) is 1.99. The Balaban J connectivity index is 2.40. The summed E-state index contributed by atoms with van der Waals surface area (Å²) in [5.74, 6) is -0.989. The van der Waals surface area contributed by atoms with E-state index in [1.165, 1.54) is 12.3 Å². The number of pyridine rings is 1. The van der Waals surface area contributed by atoms with Crippen molar-refractivity contribution in [3.8, 4) is 11.4 Å². The largest absolute Gasteiger partial charge is 0.478 e. The Kier molecular flexibility index (Phi) is 2.17. The fourth-order valence-electron chi connectivity index (χ4n) is 1.19. The fraction of sp³-hybridized carbons (Fsp3) is 0.111. The highest BCUT2D eigenvalue weighted by atomic mass is 16.4. The summed E-state index contributed by atoms with van der Waals surface area (Å²) in [6.45, 7) is 0. The Morgan fingerprint density at radius 3 is 2.67 bits per heavy atom. The van der Waals surface area contributed by atoms with E-state index in [4.69, 9.17) is 5.11 Å². The van der Waals surface area contributed by atoms with E-state index >= 15 is 0 Å². The first-order chi connectivity index (χ1) is 7.18. The van der Waals surface area contributed by atoms with Gasteiger partial charge >= 0.3 is 5.97 Å². The first kappa shape index (κ1) is 9.32. The highest BCUT2D eigenvalue weighted by molar-refractivity contribution is 5.87. The first-order valence-corrected chi connectivity index (χ1v) is 4.23. The van der Waals surface area contributed by atoms with Gasteiger partial charge in [0.1, 0.15) is 5.69 Å². The molecule has 0 aromatic carbocycles. The molecule has 0 spiro atoms. The molecule has 2 aromatic rings. The second kappa shape index (κ2) is 3.49. The summed E-state index contributed by atoms with van der Waals surface area (Å²) in [4.78, 5) is 14.6. The second-order valence-electron chi connectivity index (χ2n) is 2.98. The molecule has 15 heavy (non-hydrogen) atoms. The molecule has 0 aliphatic rings. The van der Waals surface area contributed by atoms with E-state index in [2.05, 4.69) is 15.3 Å². The molecule has 2 heterocycles. The van der Waals surface area contributed by atoms with Crippen molar-refractivity contribution >= 4 is 5.97 Å². The number of nitrogens with zero attached hydrogens (tertiary/aromatic N) is 4. The van der Waals surface area contributed by atoms with Crippen LogP contribution in [-0.4, -0.2) is 31.1 Å². The van der Waals surface area contributed by atoms with Crippen molar-refractivity contribution in [2.75, 3.05) is 0 Å². The van der Waals surface area contributed by atoms with Gasteiger partial charge in [0.25, 0.3) is 0 Å². The van der Waals surface area contributed by atoms with Gasteiger partial charge in [0.2, 0.25) is 0 Å². The SMILES string of the molecule is Cn1nncc1-c1ccc(C(=O)O)cn1. The highest BCUT2D eigenvalue weighted by Gasteiger charge is 2.07.